The third-order valence-electron chi connectivity index (χ3n) is 1.56. The van der Waals surface area contributed by atoms with Crippen molar-refractivity contribution in [1.82, 2.24) is 5.32 Å². The molecule has 0 aliphatic heterocycles. The van der Waals surface area contributed by atoms with Crippen LogP contribution in [-0.2, 0) is 4.79 Å². The fourth-order valence-corrected chi connectivity index (χ4v) is 0.937. The van der Waals surface area contributed by atoms with Crippen LogP contribution in [0.4, 0.5) is 0 Å². The molecule has 0 fully saturated rings. The molecular weight excluding hydrogens is 174 g/mol. The standard InChI is InChI=1S/C9H21N.C2H6.CH2O/c1-4-7-10-8-5-6-9(2)3;2*1-2/h9-10H,4-8H2,1-3H3;1-2H3;1H2. The highest BCUT2D eigenvalue weighted by atomic mass is 16.1. The summed E-state index contributed by atoms with van der Waals surface area (Å²) in [6.07, 6.45) is 3.94. The highest BCUT2D eigenvalue weighted by Gasteiger charge is 1.91. The first-order valence-electron chi connectivity index (χ1n) is 5.77. The van der Waals surface area contributed by atoms with E-state index in [1.54, 1.807) is 0 Å². The van der Waals surface area contributed by atoms with Gasteiger partial charge in [0.25, 0.3) is 0 Å². The largest absolute Gasteiger partial charge is 0.317 e. The minimum Gasteiger partial charge on any atom is -0.317 e. The number of carbonyl (C=O) groups excluding carboxylic acids is 1. The highest BCUT2D eigenvalue weighted by molar-refractivity contribution is 5.10. The van der Waals surface area contributed by atoms with Crippen LogP contribution < -0.4 is 5.32 Å². The van der Waals surface area contributed by atoms with Crippen LogP contribution in [-0.4, -0.2) is 19.9 Å². The lowest BCUT2D eigenvalue weighted by atomic mass is 10.1. The van der Waals surface area contributed by atoms with Crippen molar-refractivity contribution in [2.75, 3.05) is 13.1 Å². The van der Waals surface area contributed by atoms with Gasteiger partial charge >= 0.3 is 0 Å². The molecule has 0 spiro atoms. The van der Waals surface area contributed by atoms with E-state index in [0.717, 1.165) is 5.92 Å². The van der Waals surface area contributed by atoms with E-state index in [1.807, 2.05) is 20.6 Å². The summed E-state index contributed by atoms with van der Waals surface area (Å²) in [4.78, 5) is 8.00. The van der Waals surface area contributed by atoms with Gasteiger partial charge in [0.15, 0.2) is 0 Å². The molecule has 0 aromatic rings. The van der Waals surface area contributed by atoms with Crippen LogP contribution in [0, 0.1) is 5.92 Å². The maximum absolute atomic E-state index is 8.00. The van der Waals surface area contributed by atoms with Crippen molar-refractivity contribution in [2.24, 2.45) is 5.92 Å². The molecule has 0 aliphatic rings. The van der Waals surface area contributed by atoms with Crippen LogP contribution in [0.1, 0.15) is 53.9 Å². The zero-order valence-corrected chi connectivity index (χ0v) is 10.7. The fourth-order valence-electron chi connectivity index (χ4n) is 0.937. The summed E-state index contributed by atoms with van der Waals surface area (Å²) in [5.74, 6) is 0.864. The molecule has 0 aliphatic carbocycles. The molecule has 0 heterocycles. The molecule has 0 saturated heterocycles. The summed E-state index contributed by atoms with van der Waals surface area (Å²) in [5, 5.41) is 3.39. The summed E-state index contributed by atoms with van der Waals surface area (Å²) in [6.45, 7) is 15.1. The first kappa shape index (κ1) is 19.2. The summed E-state index contributed by atoms with van der Waals surface area (Å²) in [5.41, 5.74) is 0. The number of rotatable bonds is 6. The number of hydrogen-bond donors (Lipinski definition) is 1. The van der Waals surface area contributed by atoms with Gasteiger partial charge in [0.1, 0.15) is 6.79 Å². The smallest absolute Gasteiger partial charge is 0.106 e. The van der Waals surface area contributed by atoms with Crippen LogP contribution in [0.2, 0.25) is 0 Å². The molecule has 0 rings (SSSR count). The van der Waals surface area contributed by atoms with Gasteiger partial charge in [-0.3, -0.25) is 0 Å². The average molecular weight is 203 g/mol. The summed E-state index contributed by atoms with van der Waals surface area (Å²) < 4.78 is 0. The molecular formula is C12H29NO. The lowest BCUT2D eigenvalue weighted by Crippen LogP contribution is -2.16. The number of hydrogen-bond acceptors (Lipinski definition) is 2. The molecule has 0 unspecified atom stereocenters. The summed E-state index contributed by atoms with van der Waals surface area (Å²) in [6, 6.07) is 0. The third-order valence-corrected chi connectivity index (χ3v) is 1.56. The maximum atomic E-state index is 8.00. The van der Waals surface area contributed by atoms with Crippen molar-refractivity contribution < 1.29 is 4.79 Å². The van der Waals surface area contributed by atoms with E-state index in [0.29, 0.717) is 0 Å². The molecule has 1 N–H and O–H groups in total. The Bertz CT molecular complexity index is 74.7. The second-order valence-electron chi connectivity index (χ2n) is 3.29. The molecule has 2 nitrogen and oxygen atoms in total. The monoisotopic (exact) mass is 203 g/mol. The van der Waals surface area contributed by atoms with Gasteiger partial charge in [-0.05, 0) is 38.3 Å². The normalized spacial score (nSPS) is 8.43. The Kier molecular flexibility index (Phi) is 31.5. The van der Waals surface area contributed by atoms with E-state index in [1.165, 1.54) is 32.4 Å². The molecule has 0 aromatic carbocycles. The van der Waals surface area contributed by atoms with Gasteiger partial charge < -0.3 is 10.1 Å². The van der Waals surface area contributed by atoms with Gasteiger partial charge in [-0.2, -0.15) is 0 Å². The highest BCUT2D eigenvalue weighted by Crippen LogP contribution is 2.01. The molecule has 0 saturated carbocycles. The Balaban J connectivity index is -0.000000266. The Morgan fingerprint density at radius 1 is 1.14 bits per heavy atom. The van der Waals surface area contributed by atoms with Gasteiger partial charge in [0, 0.05) is 0 Å². The Morgan fingerprint density at radius 2 is 1.64 bits per heavy atom. The van der Waals surface area contributed by atoms with Crippen LogP contribution in [0.25, 0.3) is 0 Å². The van der Waals surface area contributed by atoms with E-state index >= 15 is 0 Å². The van der Waals surface area contributed by atoms with E-state index in [4.69, 9.17) is 4.79 Å². The molecule has 0 amide bonds. The summed E-state index contributed by atoms with van der Waals surface area (Å²) >= 11 is 0. The SMILES string of the molecule is C=O.CC.CCCNCCCC(C)C. The molecule has 2 heteroatoms. The zero-order valence-electron chi connectivity index (χ0n) is 10.7. The lowest BCUT2D eigenvalue weighted by molar-refractivity contribution is -0.0979. The zero-order chi connectivity index (χ0) is 11.8. The van der Waals surface area contributed by atoms with Gasteiger partial charge in [-0.25, -0.2) is 0 Å². The Morgan fingerprint density at radius 3 is 2.00 bits per heavy atom. The first-order valence-corrected chi connectivity index (χ1v) is 5.77. The van der Waals surface area contributed by atoms with Crippen LogP contribution in [0.15, 0.2) is 0 Å². The van der Waals surface area contributed by atoms with Crippen LogP contribution in [0.3, 0.4) is 0 Å². The summed E-state index contributed by atoms with van der Waals surface area (Å²) in [7, 11) is 0. The van der Waals surface area contributed by atoms with Crippen molar-refractivity contribution in [2.45, 2.75) is 53.9 Å². The average Bonchev–Trinajstić information content (AvgIpc) is 2.23. The van der Waals surface area contributed by atoms with Crippen molar-refractivity contribution >= 4 is 6.79 Å². The molecule has 88 valence electrons. The van der Waals surface area contributed by atoms with Crippen molar-refractivity contribution in [3.8, 4) is 0 Å². The third kappa shape index (κ3) is 29.9. The second kappa shape index (κ2) is 22.9. The van der Waals surface area contributed by atoms with Crippen molar-refractivity contribution in [1.29, 1.82) is 0 Å². The number of nitrogens with one attached hydrogen (secondary N) is 1. The molecule has 0 bridgehead atoms. The van der Waals surface area contributed by atoms with Crippen LogP contribution in [0.5, 0.6) is 0 Å². The minimum absolute atomic E-state index is 0.864. The predicted octanol–water partition coefficient (Wildman–Crippen LogP) is 3.26. The van der Waals surface area contributed by atoms with Gasteiger partial charge in [0.2, 0.25) is 0 Å². The number of carbonyl (C=O) groups is 1. The minimum atomic E-state index is 0.864. The van der Waals surface area contributed by atoms with E-state index in [9.17, 15) is 0 Å². The topological polar surface area (TPSA) is 29.1 Å². The lowest BCUT2D eigenvalue weighted by Gasteiger charge is -2.04. The molecule has 0 radical (unpaired) electrons. The first-order chi connectivity index (χ1) is 6.77. The van der Waals surface area contributed by atoms with Gasteiger partial charge in [0.05, 0.1) is 0 Å². The quantitative estimate of drug-likeness (QED) is 0.671. The van der Waals surface area contributed by atoms with E-state index in [2.05, 4.69) is 26.1 Å². The molecule has 0 aromatic heterocycles. The van der Waals surface area contributed by atoms with Gasteiger partial charge in [-0.15, -0.1) is 0 Å². The second-order valence-corrected chi connectivity index (χ2v) is 3.29. The Labute approximate surface area is 90.5 Å². The van der Waals surface area contributed by atoms with Crippen molar-refractivity contribution in [3.63, 3.8) is 0 Å². The van der Waals surface area contributed by atoms with E-state index < -0.39 is 0 Å². The maximum Gasteiger partial charge on any atom is 0.106 e. The Hall–Kier alpha value is -0.370. The van der Waals surface area contributed by atoms with Crippen molar-refractivity contribution in [3.05, 3.63) is 0 Å². The predicted molar refractivity (Wildman–Crippen MR) is 65.7 cm³/mol. The fraction of sp³-hybridized carbons (Fsp3) is 0.917. The van der Waals surface area contributed by atoms with Crippen LogP contribution >= 0.6 is 0 Å². The molecule has 14 heavy (non-hydrogen) atoms. The molecule has 0 atom stereocenters. The van der Waals surface area contributed by atoms with E-state index in [-0.39, 0.29) is 0 Å². The van der Waals surface area contributed by atoms with Gasteiger partial charge in [-0.1, -0.05) is 34.6 Å².